The van der Waals surface area contributed by atoms with E-state index in [2.05, 4.69) is 10.5 Å². The Morgan fingerprint density at radius 2 is 1.65 bits per heavy atom. The molecule has 0 unspecified atom stereocenters. The molecule has 0 amide bonds. The third-order valence-corrected chi connectivity index (χ3v) is 3.54. The lowest BCUT2D eigenvalue weighted by molar-refractivity contribution is 0.104. The SMILES string of the molecule is NC(=S)N/N=C(/C1=C(O)c2ccccc2C1=O)c1ccccc1. The number of hydrazone groups is 1. The van der Waals surface area contributed by atoms with Crippen LogP contribution in [0.2, 0.25) is 0 Å². The molecule has 1 aliphatic carbocycles. The molecule has 3 rings (SSSR count). The number of allylic oxidation sites excluding steroid dienone is 1. The number of rotatable bonds is 3. The highest BCUT2D eigenvalue weighted by molar-refractivity contribution is 7.80. The van der Waals surface area contributed by atoms with Crippen molar-refractivity contribution in [3.8, 4) is 0 Å². The number of fused-ring (bicyclic) bond motifs is 1. The highest BCUT2D eigenvalue weighted by Crippen LogP contribution is 2.32. The van der Waals surface area contributed by atoms with Crippen LogP contribution < -0.4 is 11.2 Å². The summed E-state index contributed by atoms with van der Waals surface area (Å²) in [6, 6.07) is 15.9. The van der Waals surface area contributed by atoms with Gasteiger partial charge in [0, 0.05) is 16.7 Å². The van der Waals surface area contributed by atoms with E-state index in [1.54, 1.807) is 36.4 Å². The van der Waals surface area contributed by atoms with Crippen molar-refractivity contribution in [2.75, 3.05) is 0 Å². The average Bonchev–Trinajstić information content (AvgIpc) is 2.81. The van der Waals surface area contributed by atoms with Crippen LogP contribution >= 0.6 is 12.2 Å². The van der Waals surface area contributed by atoms with Gasteiger partial charge in [0.2, 0.25) is 0 Å². The Morgan fingerprint density at radius 3 is 2.26 bits per heavy atom. The molecule has 0 spiro atoms. The van der Waals surface area contributed by atoms with Crippen molar-refractivity contribution in [1.29, 1.82) is 0 Å². The predicted molar refractivity (Wildman–Crippen MR) is 93.2 cm³/mol. The molecule has 4 N–H and O–H groups in total. The Labute approximate surface area is 138 Å². The third kappa shape index (κ3) is 2.72. The molecule has 0 atom stereocenters. The zero-order valence-electron chi connectivity index (χ0n) is 12.0. The van der Waals surface area contributed by atoms with Gasteiger partial charge in [-0.3, -0.25) is 10.2 Å². The normalized spacial score (nSPS) is 13.9. The number of ketones is 1. The van der Waals surface area contributed by atoms with E-state index in [-0.39, 0.29) is 27.9 Å². The lowest BCUT2D eigenvalue weighted by atomic mass is 9.99. The number of nitrogens with two attached hydrogens (primary N) is 1. The highest BCUT2D eigenvalue weighted by Gasteiger charge is 2.33. The van der Waals surface area contributed by atoms with Gasteiger partial charge in [-0.1, -0.05) is 54.6 Å². The summed E-state index contributed by atoms with van der Waals surface area (Å²) in [5, 5.41) is 14.6. The maximum Gasteiger partial charge on any atom is 0.199 e. The van der Waals surface area contributed by atoms with E-state index >= 15 is 0 Å². The van der Waals surface area contributed by atoms with E-state index in [0.29, 0.717) is 16.7 Å². The number of thiocarbonyl (C=S) groups is 1. The molecule has 2 aromatic rings. The molecule has 114 valence electrons. The summed E-state index contributed by atoms with van der Waals surface area (Å²) >= 11 is 4.76. The molecule has 0 aromatic heterocycles. The molecular formula is C17H13N3O2S. The van der Waals surface area contributed by atoms with Crippen LogP contribution in [-0.4, -0.2) is 21.7 Å². The zero-order valence-corrected chi connectivity index (χ0v) is 12.8. The first-order chi connectivity index (χ1) is 11.1. The Balaban J connectivity index is 2.16. The molecule has 2 aromatic carbocycles. The van der Waals surface area contributed by atoms with Crippen molar-refractivity contribution in [3.63, 3.8) is 0 Å². The van der Waals surface area contributed by atoms with Gasteiger partial charge in [0.15, 0.2) is 10.9 Å². The van der Waals surface area contributed by atoms with Gasteiger partial charge in [-0.25, -0.2) is 0 Å². The van der Waals surface area contributed by atoms with Crippen molar-refractivity contribution in [2.24, 2.45) is 10.8 Å². The van der Waals surface area contributed by atoms with Crippen molar-refractivity contribution in [3.05, 3.63) is 76.9 Å². The van der Waals surface area contributed by atoms with Crippen molar-refractivity contribution in [1.82, 2.24) is 5.43 Å². The maximum absolute atomic E-state index is 12.7. The third-order valence-electron chi connectivity index (χ3n) is 3.45. The summed E-state index contributed by atoms with van der Waals surface area (Å²) in [7, 11) is 0. The quantitative estimate of drug-likeness (QED) is 0.458. The number of hydrogen-bond acceptors (Lipinski definition) is 4. The van der Waals surface area contributed by atoms with E-state index in [0.717, 1.165) is 0 Å². The van der Waals surface area contributed by atoms with Gasteiger partial charge in [-0.05, 0) is 12.2 Å². The summed E-state index contributed by atoms with van der Waals surface area (Å²) in [6.07, 6.45) is 0. The number of carbonyl (C=O) groups excluding carboxylic acids is 1. The first-order valence-electron chi connectivity index (χ1n) is 6.86. The van der Waals surface area contributed by atoms with E-state index in [4.69, 9.17) is 18.0 Å². The van der Waals surface area contributed by atoms with Crippen LogP contribution in [-0.2, 0) is 0 Å². The van der Waals surface area contributed by atoms with Gasteiger partial charge in [0.1, 0.15) is 11.5 Å². The number of nitrogens with one attached hydrogen (secondary N) is 1. The lowest BCUT2D eigenvalue weighted by Gasteiger charge is -2.08. The van der Waals surface area contributed by atoms with Crippen LogP contribution in [0.1, 0.15) is 21.5 Å². The number of carbonyl (C=O) groups is 1. The fourth-order valence-electron chi connectivity index (χ4n) is 2.46. The van der Waals surface area contributed by atoms with E-state index in [1.807, 2.05) is 18.2 Å². The number of nitrogens with zero attached hydrogens (tertiary/aromatic N) is 1. The number of aliphatic hydroxyl groups excluding tert-OH is 1. The first-order valence-corrected chi connectivity index (χ1v) is 7.26. The first kappa shape index (κ1) is 14.9. The number of benzene rings is 2. The topological polar surface area (TPSA) is 87.7 Å². The summed E-state index contributed by atoms with van der Waals surface area (Å²) < 4.78 is 0. The fraction of sp³-hybridized carbons (Fsp3) is 0. The summed E-state index contributed by atoms with van der Waals surface area (Å²) in [4.78, 5) is 12.7. The van der Waals surface area contributed by atoms with Crippen LogP contribution in [0, 0.1) is 0 Å². The van der Waals surface area contributed by atoms with Crippen LogP contribution in [0.4, 0.5) is 0 Å². The molecule has 0 bridgehead atoms. The van der Waals surface area contributed by atoms with E-state index in [1.165, 1.54) is 0 Å². The Hall–Kier alpha value is -2.99. The van der Waals surface area contributed by atoms with Gasteiger partial charge >= 0.3 is 0 Å². The highest BCUT2D eigenvalue weighted by atomic mass is 32.1. The van der Waals surface area contributed by atoms with Crippen molar-refractivity contribution in [2.45, 2.75) is 0 Å². The second-order valence-corrected chi connectivity index (χ2v) is 5.34. The molecule has 0 aliphatic heterocycles. The zero-order chi connectivity index (χ0) is 16.4. The van der Waals surface area contributed by atoms with E-state index in [9.17, 15) is 9.90 Å². The predicted octanol–water partition coefficient (Wildman–Crippen LogP) is 2.39. The van der Waals surface area contributed by atoms with E-state index < -0.39 is 0 Å². The largest absolute Gasteiger partial charge is 0.506 e. The van der Waals surface area contributed by atoms with Gasteiger partial charge in [0.25, 0.3) is 0 Å². The number of hydrogen-bond donors (Lipinski definition) is 3. The molecular weight excluding hydrogens is 310 g/mol. The Bertz CT molecular complexity index is 857. The fourth-order valence-corrected chi connectivity index (χ4v) is 2.50. The minimum absolute atomic E-state index is 0.0264. The average molecular weight is 323 g/mol. The molecule has 0 saturated carbocycles. The van der Waals surface area contributed by atoms with Gasteiger partial charge in [-0.2, -0.15) is 5.10 Å². The second-order valence-electron chi connectivity index (χ2n) is 4.90. The molecule has 0 heterocycles. The smallest absolute Gasteiger partial charge is 0.199 e. The molecule has 1 aliphatic rings. The van der Waals surface area contributed by atoms with Crippen LogP contribution in [0.25, 0.3) is 5.76 Å². The molecule has 6 heteroatoms. The number of Topliss-reactive ketones (excluding diaryl/α,β-unsaturated/α-hetero) is 1. The molecule has 23 heavy (non-hydrogen) atoms. The van der Waals surface area contributed by atoms with Gasteiger partial charge in [-0.15, -0.1) is 0 Å². The van der Waals surface area contributed by atoms with Crippen LogP contribution in [0.15, 0.2) is 65.3 Å². The summed E-state index contributed by atoms with van der Waals surface area (Å²) in [5.74, 6) is -0.386. The van der Waals surface area contributed by atoms with Crippen LogP contribution in [0.5, 0.6) is 0 Å². The summed E-state index contributed by atoms with van der Waals surface area (Å²) in [6.45, 7) is 0. The second kappa shape index (κ2) is 6.02. The minimum Gasteiger partial charge on any atom is -0.506 e. The molecule has 0 fully saturated rings. The van der Waals surface area contributed by atoms with Gasteiger partial charge in [0.05, 0.1) is 5.57 Å². The molecule has 5 nitrogen and oxygen atoms in total. The molecule has 0 radical (unpaired) electrons. The molecule has 0 saturated heterocycles. The lowest BCUT2D eigenvalue weighted by Crippen LogP contribution is -2.27. The standard InChI is InChI=1S/C17H13N3O2S/c18-17(23)20-19-14(10-6-2-1-3-7-10)13-15(21)11-8-4-5-9-12(11)16(13)22/h1-9,21H,(H3,18,20,23)/b19-14+. The monoisotopic (exact) mass is 323 g/mol. The van der Waals surface area contributed by atoms with Crippen LogP contribution in [0.3, 0.4) is 0 Å². The Morgan fingerprint density at radius 1 is 1.04 bits per heavy atom. The number of aliphatic hydroxyl groups is 1. The minimum atomic E-state index is -0.287. The van der Waals surface area contributed by atoms with Gasteiger partial charge < -0.3 is 10.8 Å². The maximum atomic E-state index is 12.7. The Kier molecular flexibility index (Phi) is 3.91. The van der Waals surface area contributed by atoms with Crippen molar-refractivity contribution >= 4 is 34.6 Å². The van der Waals surface area contributed by atoms with Crippen molar-refractivity contribution < 1.29 is 9.90 Å². The summed E-state index contributed by atoms with van der Waals surface area (Å²) in [5.41, 5.74) is 9.93.